The molecule has 4 nitrogen and oxygen atoms in total. The standard InChI is InChI=1S/C17H21BrO4/c18-13-1-2-14-15(9-13)20-6-3-12-10-17(21-7-8-22-17)5-4-16(12,14)11-19/h1-2,9,12,19H,3-8,10-11H2/t12-,16-/m0/s1. The van der Waals surface area contributed by atoms with Crippen LogP contribution in [0.1, 0.15) is 31.2 Å². The molecule has 3 aliphatic rings. The Hall–Kier alpha value is -0.620. The van der Waals surface area contributed by atoms with Crippen LogP contribution in [0, 0.1) is 5.92 Å². The molecule has 0 unspecified atom stereocenters. The van der Waals surface area contributed by atoms with Gasteiger partial charge in [0.05, 0.1) is 26.4 Å². The van der Waals surface area contributed by atoms with Gasteiger partial charge in [0.2, 0.25) is 0 Å². The van der Waals surface area contributed by atoms with Crippen LogP contribution in [0.4, 0.5) is 0 Å². The van der Waals surface area contributed by atoms with Gasteiger partial charge in [0, 0.05) is 28.3 Å². The van der Waals surface area contributed by atoms with E-state index in [4.69, 9.17) is 14.2 Å². The zero-order valence-electron chi connectivity index (χ0n) is 12.5. The summed E-state index contributed by atoms with van der Waals surface area (Å²) in [5.41, 5.74) is 0.890. The Kier molecular flexibility index (Phi) is 3.72. The predicted octanol–water partition coefficient (Wildman–Crippen LogP) is 3.00. The summed E-state index contributed by atoms with van der Waals surface area (Å²) in [5.74, 6) is 0.783. The first kappa shape index (κ1) is 14.9. The van der Waals surface area contributed by atoms with Gasteiger partial charge in [0.1, 0.15) is 5.75 Å². The van der Waals surface area contributed by atoms with E-state index in [0.29, 0.717) is 25.7 Å². The number of hydrogen-bond donors (Lipinski definition) is 1. The van der Waals surface area contributed by atoms with E-state index < -0.39 is 5.79 Å². The average Bonchev–Trinajstić information content (AvgIpc) is 2.90. The quantitative estimate of drug-likeness (QED) is 0.827. The molecule has 1 spiro atoms. The molecule has 1 N–H and O–H groups in total. The summed E-state index contributed by atoms with van der Waals surface area (Å²) in [6.45, 7) is 2.18. The van der Waals surface area contributed by atoms with Gasteiger partial charge in [-0.25, -0.2) is 0 Å². The highest BCUT2D eigenvalue weighted by Gasteiger charge is 2.53. The lowest BCUT2D eigenvalue weighted by atomic mass is 9.60. The highest BCUT2D eigenvalue weighted by Crippen LogP contribution is 2.54. The fraction of sp³-hybridized carbons (Fsp3) is 0.647. The van der Waals surface area contributed by atoms with E-state index >= 15 is 0 Å². The second-order valence-electron chi connectivity index (χ2n) is 6.60. The maximum atomic E-state index is 10.3. The number of hydrogen-bond acceptors (Lipinski definition) is 4. The van der Waals surface area contributed by atoms with E-state index in [-0.39, 0.29) is 12.0 Å². The van der Waals surface area contributed by atoms with E-state index in [1.807, 2.05) is 12.1 Å². The van der Waals surface area contributed by atoms with Crippen molar-refractivity contribution in [2.45, 2.75) is 36.9 Å². The molecule has 0 amide bonds. The number of halogens is 1. The van der Waals surface area contributed by atoms with Crippen molar-refractivity contribution in [3.63, 3.8) is 0 Å². The van der Waals surface area contributed by atoms with Crippen LogP contribution >= 0.6 is 15.9 Å². The maximum absolute atomic E-state index is 10.3. The predicted molar refractivity (Wildman–Crippen MR) is 85.0 cm³/mol. The average molecular weight is 369 g/mol. The summed E-state index contributed by atoms with van der Waals surface area (Å²) in [6, 6.07) is 6.15. The van der Waals surface area contributed by atoms with Crippen molar-refractivity contribution in [1.29, 1.82) is 0 Å². The van der Waals surface area contributed by atoms with Crippen LogP contribution < -0.4 is 4.74 Å². The number of benzene rings is 1. The summed E-state index contributed by atoms with van der Waals surface area (Å²) < 4.78 is 18.8. The van der Waals surface area contributed by atoms with Gasteiger partial charge in [-0.15, -0.1) is 0 Å². The summed E-state index contributed by atoms with van der Waals surface area (Å²) >= 11 is 3.51. The van der Waals surface area contributed by atoms with Gasteiger partial charge in [0.25, 0.3) is 0 Å². The second-order valence-corrected chi connectivity index (χ2v) is 7.52. The molecule has 1 saturated heterocycles. The van der Waals surface area contributed by atoms with Crippen LogP contribution in [0.15, 0.2) is 22.7 Å². The Labute approximate surface area is 138 Å². The molecule has 1 aromatic rings. The minimum Gasteiger partial charge on any atom is -0.493 e. The first-order chi connectivity index (χ1) is 10.7. The Morgan fingerprint density at radius 1 is 1.18 bits per heavy atom. The molecule has 120 valence electrons. The number of rotatable bonds is 1. The van der Waals surface area contributed by atoms with Crippen LogP contribution in [-0.2, 0) is 14.9 Å². The van der Waals surface area contributed by atoms with Crippen molar-refractivity contribution < 1.29 is 19.3 Å². The molecule has 1 aromatic carbocycles. The first-order valence-corrected chi connectivity index (χ1v) is 8.78. The topological polar surface area (TPSA) is 47.9 Å². The molecule has 22 heavy (non-hydrogen) atoms. The molecule has 1 aliphatic carbocycles. The van der Waals surface area contributed by atoms with E-state index in [2.05, 4.69) is 22.0 Å². The zero-order valence-corrected chi connectivity index (χ0v) is 14.1. The van der Waals surface area contributed by atoms with Crippen LogP contribution in [0.5, 0.6) is 5.75 Å². The largest absolute Gasteiger partial charge is 0.493 e. The molecule has 2 aliphatic heterocycles. The molecule has 0 radical (unpaired) electrons. The third-order valence-corrected chi connectivity index (χ3v) is 6.08. The fourth-order valence-corrected chi connectivity index (χ4v) is 4.75. The summed E-state index contributed by atoms with van der Waals surface area (Å²) in [7, 11) is 0. The van der Waals surface area contributed by atoms with E-state index in [1.165, 1.54) is 0 Å². The highest BCUT2D eigenvalue weighted by atomic mass is 79.9. The van der Waals surface area contributed by atoms with Crippen molar-refractivity contribution in [2.75, 3.05) is 26.4 Å². The lowest BCUT2D eigenvalue weighted by Gasteiger charge is -2.48. The SMILES string of the molecule is OC[C@@]12CCC3(C[C@@H]1CCOc1cc(Br)ccc12)OCCO3. The molecule has 1 saturated carbocycles. The van der Waals surface area contributed by atoms with Crippen molar-refractivity contribution in [2.24, 2.45) is 5.92 Å². The summed E-state index contributed by atoms with van der Waals surface area (Å²) in [5, 5.41) is 10.3. The van der Waals surface area contributed by atoms with Crippen molar-refractivity contribution >= 4 is 15.9 Å². The molecule has 2 fully saturated rings. The Balaban J connectivity index is 1.75. The minimum atomic E-state index is -0.427. The molecule has 0 bridgehead atoms. The Bertz CT molecular complexity index is 570. The minimum absolute atomic E-state index is 0.145. The number of aliphatic hydroxyl groups is 1. The van der Waals surface area contributed by atoms with Gasteiger partial charge in [-0.3, -0.25) is 0 Å². The molecule has 5 heteroatoms. The van der Waals surface area contributed by atoms with Gasteiger partial charge < -0.3 is 19.3 Å². The highest BCUT2D eigenvalue weighted by molar-refractivity contribution is 9.10. The zero-order chi connectivity index (χ0) is 15.2. The summed E-state index contributed by atoms with van der Waals surface area (Å²) in [4.78, 5) is 0. The fourth-order valence-electron chi connectivity index (χ4n) is 4.41. The normalized spacial score (nSPS) is 32.9. The molecule has 0 aromatic heterocycles. The Morgan fingerprint density at radius 3 is 2.77 bits per heavy atom. The Morgan fingerprint density at radius 2 is 2.00 bits per heavy atom. The number of ether oxygens (including phenoxy) is 3. The van der Waals surface area contributed by atoms with Gasteiger partial charge in [-0.05, 0) is 30.9 Å². The van der Waals surface area contributed by atoms with E-state index in [9.17, 15) is 5.11 Å². The third kappa shape index (κ3) is 2.21. The van der Waals surface area contributed by atoms with Crippen LogP contribution in [0.3, 0.4) is 0 Å². The van der Waals surface area contributed by atoms with Crippen LogP contribution in [0.2, 0.25) is 0 Å². The van der Waals surface area contributed by atoms with Gasteiger partial charge in [-0.2, -0.15) is 0 Å². The first-order valence-electron chi connectivity index (χ1n) is 7.99. The van der Waals surface area contributed by atoms with Crippen LogP contribution in [0.25, 0.3) is 0 Å². The second kappa shape index (κ2) is 5.48. The molecule has 2 heterocycles. The van der Waals surface area contributed by atoms with Crippen molar-refractivity contribution in [3.8, 4) is 5.75 Å². The lowest BCUT2D eigenvalue weighted by Crippen LogP contribution is -2.50. The smallest absolute Gasteiger partial charge is 0.168 e. The van der Waals surface area contributed by atoms with Gasteiger partial charge in [0.15, 0.2) is 5.79 Å². The number of fused-ring (bicyclic) bond motifs is 3. The van der Waals surface area contributed by atoms with Crippen LogP contribution in [-0.4, -0.2) is 37.3 Å². The lowest BCUT2D eigenvalue weighted by molar-refractivity contribution is -0.201. The monoisotopic (exact) mass is 368 g/mol. The molecule has 4 rings (SSSR count). The van der Waals surface area contributed by atoms with E-state index in [1.54, 1.807) is 0 Å². The van der Waals surface area contributed by atoms with Gasteiger partial charge >= 0.3 is 0 Å². The van der Waals surface area contributed by atoms with Gasteiger partial charge in [-0.1, -0.05) is 22.0 Å². The summed E-state index contributed by atoms with van der Waals surface area (Å²) in [6.07, 6.45) is 3.46. The molecule has 2 atom stereocenters. The van der Waals surface area contributed by atoms with Crippen molar-refractivity contribution in [3.05, 3.63) is 28.2 Å². The third-order valence-electron chi connectivity index (χ3n) is 5.59. The molecular formula is C17H21BrO4. The number of aliphatic hydroxyl groups excluding tert-OH is 1. The van der Waals surface area contributed by atoms with Crippen molar-refractivity contribution in [1.82, 2.24) is 0 Å². The molecular weight excluding hydrogens is 348 g/mol. The maximum Gasteiger partial charge on any atom is 0.168 e. The van der Waals surface area contributed by atoms with E-state index in [0.717, 1.165) is 41.5 Å².